The van der Waals surface area contributed by atoms with Crippen molar-refractivity contribution in [2.45, 2.75) is 37.6 Å². The SMILES string of the molecule is CC(C)(O)[C@H](F)CNC(=O)c1cnc(-c2ccc3cc(C#N)cnn23)cc1Nc1cnn(C2CNCC2(F)F)c1. The lowest BCUT2D eigenvalue weighted by Gasteiger charge is -2.22. The number of halogens is 3. The van der Waals surface area contributed by atoms with E-state index in [1.54, 1.807) is 28.8 Å². The van der Waals surface area contributed by atoms with Gasteiger partial charge in [0.05, 0.1) is 70.5 Å². The zero-order valence-electron chi connectivity index (χ0n) is 21.6. The van der Waals surface area contributed by atoms with Crippen molar-refractivity contribution in [1.29, 1.82) is 5.26 Å². The highest BCUT2D eigenvalue weighted by Crippen LogP contribution is 2.33. The fourth-order valence-corrected chi connectivity index (χ4v) is 4.32. The number of rotatable bonds is 8. The van der Waals surface area contributed by atoms with Gasteiger partial charge in [-0.05, 0) is 38.1 Å². The Morgan fingerprint density at radius 3 is 2.80 bits per heavy atom. The Morgan fingerprint density at radius 2 is 2.10 bits per heavy atom. The van der Waals surface area contributed by atoms with Crippen LogP contribution in [0.3, 0.4) is 0 Å². The minimum Gasteiger partial charge on any atom is -0.387 e. The van der Waals surface area contributed by atoms with Crippen LogP contribution in [0.5, 0.6) is 0 Å². The van der Waals surface area contributed by atoms with Crippen LogP contribution in [0.15, 0.2) is 49.1 Å². The predicted octanol–water partition coefficient (Wildman–Crippen LogP) is 2.83. The summed E-state index contributed by atoms with van der Waals surface area (Å²) in [7, 11) is 0. The number of aromatic nitrogens is 5. The maximum Gasteiger partial charge on any atom is 0.283 e. The van der Waals surface area contributed by atoms with Crippen molar-refractivity contribution < 1.29 is 23.1 Å². The first-order valence-electron chi connectivity index (χ1n) is 12.4. The van der Waals surface area contributed by atoms with Gasteiger partial charge in [-0.25, -0.2) is 17.7 Å². The molecular formula is C26H26F3N9O2. The van der Waals surface area contributed by atoms with Gasteiger partial charge in [0.15, 0.2) is 0 Å². The number of nitriles is 1. The summed E-state index contributed by atoms with van der Waals surface area (Å²) >= 11 is 0. The van der Waals surface area contributed by atoms with Gasteiger partial charge in [-0.2, -0.15) is 15.5 Å². The van der Waals surface area contributed by atoms with Crippen LogP contribution in [0.2, 0.25) is 0 Å². The summed E-state index contributed by atoms with van der Waals surface area (Å²) in [5.41, 5.74) is 0.996. The molecule has 40 heavy (non-hydrogen) atoms. The molecule has 1 amide bonds. The number of carbonyl (C=O) groups is 1. The number of aliphatic hydroxyl groups is 1. The number of hydrogen-bond acceptors (Lipinski definition) is 8. The minimum atomic E-state index is -2.98. The molecule has 0 saturated carbocycles. The van der Waals surface area contributed by atoms with E-state index in [0.717, 1.165) is 0 Å². The molecular weight excluding hydrogens is 527 g/mol. The van der Waals surface area contributed by atoms with Gasteiger partial charge in [0.2, 0.25) is 0 Å². The summed E-state index contributed by atoms with van der Waals surface area (Å²) in [4.78, 5) is 17.5. The number of carbonyl (C=O) groups excluding carboxylic acids is 1. The van der Waals surface area contributed by atoms with E-state index in [0.29, 0.717) is 28.2 Å². The van der Waals surface area contributed by atoms with E-state index in [1.807, 2.05) is 6.07 Å². The maximum atomic E-state index is 14.3. The van der Waals surface area contributed by atoms with E-state index in [1.165, 1.54) is 43.3 Å². The van der Waals surface area contributed by atoms with E-state index >= 15 is 0 Å². The van der Waals surface area contributed by atoms with Crippen molar-refractivity contribution in [2.75, 3.05) is 25.0 Å². The molecule has 0 aromatic carbocycles. The number of anilines is 2. The normalized spacial score (nSPS) is 17.5. The molecule has 1 fully saturated rings. The monoisotopic (exact) mass is 553 g/mol. The molecule has 2 atom stereocenters. The Morgan fingerprint density at radius 1 is 1.30 bits per heavy atom. The molecule has 208 valence electrons. The molecule has 1 aliphatic rings. The number of amides is 1. The second-order valence-electron chi connectivity index (χ2n) is 10.1. The van der Waals surface area contributed by atoms with Gasteiger partial charge in [-0.1, -0.05) is 0 Å². The predicted molar refractivity (Wildman–Crippen MR) is 139 cm³/mol. The topological polar surface area (TPSA) is 145 Å². The minimum absolute atomic E-state index is 0.0490. The lowest BCUT2D eigenvalue weighted by molar-refractivity contribution is -0.0195. The fourth-order valence-electron chi connectivity index (χ4n) is 4.32. The van der Waals surface area contributed by atoms with Crippen LogP contribution in [-0.2, 0) is 0 Å². The summed E-state index contributed by atoms with van der Waals surface area (Å²) in [5.74, 6) is -3.64. The van der Waals surface area contributed by atoms with Crippen LogP contribution in [0, 0.1) is 11.3 Å². The zero-order valence-corrected chi connectivity index (χ0v) is 21.6. The third-order valence-corrected chi connectivity index (χ3v) is 6.63. The van der Waals surface area contributed by atoms with Gasteiger partial charge in [0.25, 0.3) is 11.8 Å². The summed E-state index contributed by atoms with van der Waals surface area (Å²) in [6, 6.07) is 7.61. The van der Waals surface area contributed by atoms with Crippen LogP contribution >= 0.6 is 0 Å². The lowest BCUT2D eigenvalue weighted by Crippen LogP contribution is -2.42. The van der Waals surface area contributed by atoms with E-state index in [9.17, 15) is 23.1 Å². The van der Waals surface area contributed by atoms with Crippen LogP contribution in [0.4, 0.5) is 24.5 Å². The average Bonchev–Trinajstić information content (AvgIpc) is 3.63. The van der Waals surface area contributed by atoms with E-state index in [4.69, 9.17) is 5.26 Å². The Kier molecular flexibility index (Phi) is 6.94. The molecule has 1 saturated heterocycles. The third-order valence-electron chi connectivity index (χ3n) is 6.63. The molecule has 4 N–H and O–H groups in total. The highest BCUT2D eigenvalue weighted by atomic mass is 19.3. The third kappa shape index (κ3) is 5.33. The molecule has 0 bridgehead atoms. The van der Waals surface area contributed by atoms with Gasteiger partial charge < -0.3 is 21.1 Å². The fraction of sp³-hybridized carbons (Fsp3) is 0.346. The van der Waals surface area contributed by atoms with Crippen LogP contribution < -0.4 is 16.0 Å². The molecule has 5 heterocycles. The molecule has 1 unspecified atom stereocenters. The zero-order chi connectivity index (χ0) is 28.7. The number of nitrogens with one attached hydrogen (secondary N) is 3. The molecule has 4 aromatic heterocycles. The molecule has 14 heteroatoms. The Labute approximate surface area is 226 Å². The van der Waals surface area contributed by atoms with Gasteiger partial charge >= 0.3 is 0 Å². The van der Waals surface area contributed by atoms with Crippen LogP contribution in [0.1, 0.15) is 35.8 Å². The van der Waals surface area contributed by atoms with Crippen molar-refractivity contribution in [2.24, 2.45) is 0 Å². The van der Waals surface area contributed by atoms with Crippen molar-refractivity contribution in [1.82, 2.24) is 35.0 Å². The lowest BCUT2D eigenvalue weighted by atomic mass is 10.0. The number of hydrogen-bond donors (Lipinski definition) is 4. The van der Waals surface area contributed by atoms with Crippen molar-refractivity contribution in [3.05, 3.63) is 60.2 Å². The van der Waals surface area contributed by atoms with Crippen molar-refractivity contribution >= 4 is 22.8 Å². The molecule has 0 spiro atoms. The van der Waals surface area contributed by atoms with Crippen LogP contribution in [-0.4, -0.2) is 72.7 Å². The van der Waals surface area contributed by atoms with E-state index in [-0.39, 0.29) is 17.8 Å². The molecule has 1 aliphatic heterocycles. The maximum absolute atomic E-state index is 14.3. The molecule has 5 rings (SSSR count). The standard InChI is InChI=1S/C26H26F3N9O2/c1-25(2,40)22(27)11-33-24(39)18-10-32-20(21-4-3-17-5-15(7-30)8-35-38(17)21)6-19(18)36-16-9-34-37(13-16)23-12-31-14-26(23,28)29/h3-6,8-10,13,22-23,31,40H,11-12,14H2,1-2H3,(H,32,36)(H,33,39)/t22-,23?/m1/s1. The average molecular weight is 554 g/mol. The van der Waals surface area contributed by atoms with E-state index < -0.39 is 42.7 Å². The first kappa shape index (κ1) is 27.1. The Hall–Kier alpha value is -4.48. The number of fused-ring (bicyclic) bond motifs is 1. The van der Waals surface area contributed by atoms with Crippen molar-refractivity contribution in [3.63, 3.8) is 0 Å². The Bertz CT molecular complexity index is 1600. The molecule has 0 aliphatic carbocycles. The summed E-state index contributed by atoms with van der Waals surface area (Å²) in [5, 5.41) is 35.6. The van der Waals surface area contributed by atoms with Crippen LogP contribution in [0.25, 0.3) is 16.9 Å². The first-order valence-corrected chi connectivity index (χ1v) is 12.4. The molecule has 4 aromatic rings. The second-order valence-corrected chi connectivity index (χ2v) is 10.1. The summed E-state index contributed by atoms with van der Waals surface area (Å²) in [6.07, 6.45) is 3.76. The highest BCUT2D eigenvalue weighted by Gasteiger charge is 2.45. The smallest absolute Gasteiger partial charge is 0.283 e. The Balaban J connectivity index is 1.49. The van der Waals surface area contributed by atoms with Gasteiger partial charge in [0.1, 0.15) is 18.3 Å². The molecule has 11 nitrogen and oxygen atoms in total. The number of alkyl halides is 3. The summed E-state index contributed by atoms with van der Waals surface area (Å²) < 4.78 is 45.5. The largest absolute Gasteiger partial charge is 0.387 e. The number of nitrogens with zero attached hydrogens (tertiary/aromatic N) is 6. The van der Waals surface area contributed by atoms with Gasteiger partial charge in [0, 0.05) is 18.9 Å². The van der Waals surface area contributed by atoms with Gasteiger partial charge in [-0.15, -0.1) is 0 Å². The quantitative estimate of drug-likeness (QED) is 0.261. The van der Waals surface area contributed by atoms with Gasteiger partial charge in [-0.3, -0.25) is 14.5 Å². The van der Waals surface area contributed by atoms with E-state index in [2.05, 4.69) is 31.1 Å². The highest BCUT2D eigenvalue weighted by molar-refractivity contribution is 6.00. The second kappa shape index (κ2) is 10.2. The summed E-state index contributed by atoms with van der Waals surface area (Å²) in [6.45, 7) is 1.75. The van der Waals surface area contributed by atoms with Crippen molar-refractivity contribution in [3.8, 4) is 17.5 Å². The molecule has 0 radical (unpaired) electrons. The first-order chi connectivity index (χ1) is 19.0. The number of pyridine rings is 1.